The van der Waals surface area contributed by atoms with Crippen LogP contribution < -0.4 is 0 Å². The van der Waals surface area contributed by atoms with Gasteiger partial charge < -0.3 is 0 Å². The Morgan fingerprint density at radius 3 is 2.60 bits per heavy atom. The van der Waals surface area contributed by atoms with Crippen molar-refractivity contribution in [2.75, 3.05) is 0 Å². The van der Waals surface area contributed by atoms with Crippen LogP contribution in [0.5, 0.6) is 0 Å². The number of hydrogen-bond donors (Lipinski definition) is 0. The molecule has 0 amide bonds. The molecule has 0 atom stereocenters. The Kier molecular flexibility index (Phi) is 3.45. The van der Waals surface area contributed by atoms with Crippen molar-refractivity contribution in [3.63, 3.8) is 0 Å². The number of pyridine rings is 2. The lowest BCUT2D eigenvalue weighted by Gasteiger charge is -2.10. The molecule has 3 heterocycles. The first kappa shape index (κ1) is 15.6. The first-order chi connectivity index (χ1) is 11.9. The first-order valence-electron chi connectivity index (χ1n) is 7.68. The number of imidazole rings is 1. The van der Waals surface area contributed by atoms with E-state index in [0.29, 0.717) is 23.6 Å². The van der Waals surface area contributed by atoms with Crippen LogP contribution >= 0.6 is 0 Å². The zero-order chi connectivity index (χ0) is 17.6. The van der Waals surface area contributed by atoms with Gasteiger partial charge >= 0.3 is 6.18 Å². The second-order valence-corrected chi connectivity index (χ2v) is 5.82. The molecule has 0 bridgehead atoms. The maximum atomic E-state index is 13.0. The van der Waals surface area contributed by atoms with Gasteiger partial charge in [0.15, 0.2) is 5.65 Å². The van der Waals surface area contributed by atoms with Crippen molar-refractivity contribution in [1.82, 2.24) is 19.5 Å². The number of nitrogens with zero attached hydrogens (tertiary/aromatic N) is 4. The molecule has 3 aromatic heterocycles. The highest BCUT2D eigenvalue weighted by Crippen LogP contribution is 2.33. The van der Waals surface area contributed by atoms with Gasteiger partial charge in [0.05, 0.1) is 17.4 Å². The predicted molar refractivity (Wildman–Crippen MR) is 88.1 cm³/mol. The fraction of sp³-hybridized carbons (Fsp3) is 0.167. The highest BCUT2D eigenvalue weighted by molar-refractivity contribution is 5.81. The molecule has 1 aliphatic rings. The quantitative estimate of drug-likeness (QED) is 0.689. The Labute approximate surface area is 141 Å². The summed E-state index contributed by atoms with van der Waals surface area (Å²) in [5.74, 6) is 0.581. The Balaban J connectivity index is 1.97. The molecule has 0 radical (unpaired) electrons. The fourth-order valence-corrected chi connectivity index (χ4v) is 2.79. The van der Waals surface area contributed by atoms with Gasteiger partial charge in [-0.25, -0.2) is 9.97 Å². The maximum absolute atomic E-state index is 13.0. The Morgan fingerprint density at radius 1 is 1.12 bits per heavy atom. The molecule has 0 unspecified atom stereocenters. The molecule has 0 aliphatic heterocycles. The average Bonchev–Trinajstić information content (AvgIpc) is 3.21. The lowest BCUT2D eigenvalue weighted by molar-refractivity contribution is -0.137. The molecule has 0 fully saturated rings. The van der Waals surface area contributed by atoms with Crippen LogP contribution in [0.3, 0.4) is 0 Å². The zero-order valence-corrected chi connectivity index (χ0v) is 13.2. The van der Waals surface area contributed by atoms with E-state index in [-0.39, 0.29) is 5.52 Å². The summed E-state index contributed by atoms with van der Waals surface area (Å²) < 4.78 is 40.7. The summed E-state index contributed by atoms with van der Waals surface area (Å²) in [5.41, 5.74) is 2.26. The third-order valence-electron chi connectivity index (χ3n) is 4.04. The molecule has 0 aromatic carbocycles. The summed E-state index contributed by atoms with van der Waals surface area (Å²) in [5, 5.41) is 0. The van der Waals surface area contributed by atoms with Gasteiger partial charge in [0.1, 0.15) is 11.3 Å². The third kappa shape index (κ3) is 2.71. The monoisotopic (exact) mass is 342 g/mol. The molecule has 0 saturated heterocycles. The third-order valence-corrected chi connectivity index (χ3v) is 4.04. The normalized spacial score (nSPS) is 14.3. The van der Waals surface area contributed by atoms with Crippen LogP contribution in [0.2, 0.25) is 0 Å². The van der Waals surface area contributed by atoms with Gasteiger partial charge in [-0.3, -0.25) is 9.55 Å². The number of rotatable bonds is 2. The van der Waals surface area contributed by atoms with Crippen LogP contribution in [0.4, 0.5) is 13.2 Å². The number of alkyl halides is 3. The van der Waals surface area contributed by atoms with Gasteiger partial charge in [-0.05, 0) is 37.1 Å². The fourth-order valence-electron chi connectivity index (χ4n) is 2.79. The number of halogens is 3. The summed E-state index contributed by atoms with van der Waals surface area (Å²) in [6, 6.07) is 4.73. The Morgan fingerprint density at radius 2 is 1.96 bits per heavy atom. The number of fused-ring (bicyclic) bond motifs is 1. The van der Waals surface area contributed by atoms with E-state index in [1.165, 1.54) is 0 Å². The minimum atomic E-state index is -4.45. The molecule has 4 rings (SSSR count). The predicted octanol–water partition coefficient (Wildman–Crippen LogP) is 4.49. The zero-order valence-electron chi connectivity index (χ0n) is 13.2. The SMILES string of the molecule is Cc1ccc(-n2c(C3=CC=CC3)nc3cc(C(F)(F)F)cnc32)cn1. The smallest absolute Gasteiger partial charge is 0.275 e. The minimum absolute atomic E-state index is 0.207. The van der Waals surface area contributed by atoms with E-state index in [1.54, 1.807) is 10.8 Å². The molecule has 0 saturated carbocycles. The highest BCUT2D eigenvalue weighted by atomic mass is 19.4. The molecule has 25 heavy (non-hydrogen) atoms. The molecule has 0 N–H and O–H groups in total. The summed E-state index contributed by atoms with van der Waals surface area (Å²) >= 11 is 0. The summed E-state index contributed by atoms with van der Waals surface area (Å²) in [7, 11) is 0. The van der Waals surface area contributed by atoms with E-state index in [2.05, 4.69) is 15.0 Å². The summed E-state index contributed by atoms with van der Waals surface area (Å²) in [6.45, 7) is 1.87. The van der Waals surface area contributed by atoms with Gasteiger partial charge in [0, 0.05) is 11.9 Å². The average molecular weight is 342 g/mol. The van der Waals surface area contributed by atoms with Crippen LogP contribution in [0, 0.1) is 6.92 Å². The first-order valence-corrected chi connectivity index (χ1v) is 7.68. The Hall–Kier alpha value is -2.96. The number of aromatic nitrogens is 4. The van der Waals surface area contributed by atoms with Crippen LogP contribution in [-0.4, -0.2) is 19.5 Å². The van der Waals surface area contributed by atoms with Crippen molar-refractivity contribution in [1.29, 1.82) is 0 Å². The summed E-state index contributed by atoms with van der Waals surface area (Å²) in [6.07, 6.45) is 4.51. The van der Waals surface area contributed by atoms with E-state index in [1.807, 2.05) is 37.3 Å². The van der Waals surface area contributed by atoms with E-state index >= 15 is 0 Å². The van der Waals surface area contributed by atoms with E-state index < -0.39 is 11.7 Å². The summed E-state index contributed by atoms with van der Waals surface area (Å²) in [4.78, 5) is 12.8. The van der Waals surface area contributed by atoms with Gasteiger partial charge in [0.25, 0.3) is 0 Å². The van der Waals surface area contributed by atoms with Crippen LogP contribution in [0.1, 0.15) is 23.5 Å². The molecule has 1 aliphatic carbocycles. The molecule has 3 aromatic rings. The maximum Gasteiger partial charge on any atom is 0.417 e. The minimum Gasteiger partial charge on any atom is -0.275 e. The number of hydrogen-bond acceptors (Lipinski definition) is 3. The molecule has 4 nitrogen and oxygen atoms in total. The van der Waals surface area contributed by atoms with E-state index in [9.17, 15) is 13.2 Å². The second kappa shape index (κ2) is 5.54. The van der Waals surface area contributed by atoms with Crippen LogP contribution in [0.25, 0.3) is 22.4 Å². The van der Waals surface area contributed by atoms with Crippen molar-refractivity contribution >= 4 is 16.7 Å². The van der Waals surface area contributed by atoms with Gasteiger partial charge in [-0.1, -0.05) is 18.2 Å². The highest BCUT2D eigenvalue weighted by Gasteiger charge is 2.32. The van der Waals surface area contributed by atoms with Crippen molar-refractivity contribution in [2.45, 2.75) is 19.5 Å². The molecular weight excluding hydrogens is 329 g/mol. The van der Waals surface area contributed by atoms with Crippen molar-refractivity contribution in [3.05, 3.63) is 65.9 Å². The van der Waals surface area contributed by atoms with Gasteiger partial charge in [0.2, 0.25) is 0 Å². The lowest BCUT2D eigenvalue weighted by atomic mass is 10.2. The standard InChI is InChI=1S/C18H13F3N4/c1-11-6-7-14(10-22-11)25-16(12-4-2-3-5-12)24-15-8-13(18(19,20)21)9-23-17(15)25/h2-4,6-10H,5H2,1H3. The van der Waals surface area contributed by atoms with Crippen molar-refractivity contribution < 1.29 is 13.2 Å². The number of aryl methyl sites for hydroxylation is 1. The van der Waals surface area contributed by atoms with Crippen molar-refractivity contribution in [3.8, 4) is 5.69 Å². The lowest BCUT2D eigenvalue weighted by Crippen LogP contribution is -2.06. The molecule has 7 heteroatoms. The molecule has 126 valence electrons. The van der Waals surface area contributed by atoms with Crippen molar-refractivity contribution in [2.24, 2.45) is 0 Å². The molecular formula is C18H13F3N4. The second-order valence-electron chi connectivity index (χ2n) is 5.82. The van der Waals surface area contributed by atoms with Gasteiger partial charge in [-0.2, -0.15) is 13.2 Å². The largest absolute Gasteiger partial charge is 0.417 e. The van der Waals surface area contributed by atoms with E-state index in [0.717, 1.165) is 23.5 Å². The van der Waals surface area contributed by atoms with E-state index in [4.69, 9.17) is 0 Å². The van der Waals surface area contributed by atoms with Crippen LogP contribution in [-0.2, 0) is 6.18 Å². The van der Waals surface area contributed by atoms with Crippen LogP contribution in [0.15, 0.2) is 48.8 Å². The molecule has 0 spiro atoms. The topological polar surface area (TPSA) is 43.6 Å². The Bertz CT molecular complexity index is 1010. The number of allylic oxidation sites excluding steroid dienone is 4. The van der Waals surface area contributed by atoms with Gasteiger partial charge in [-0.15, -0.1) is 0 Å².